The van der Waals surface area contributed by atoms with Crippen molar-refractivity contribution in [1.29, 1.82) is 0 Å². The zero-order valence-corrected chi connectivity index (χ0v) is 15.2. The van der Waals surface area contributed by atoms with Gasteiger partial charge in [-0.1, -0.05) is 24.3 Å². The number of hydrogen-bond acceptors (Lipinski definition) is 4. The third-order valence-corrected chi connectivity index (χ3v) is 5.64. The Morgan fingerprint density at radius 1 is 1.00 bits per heavy atom. The van der Waals surface area contributed by atoms with Crippen LogP contribution < -0.4 is 0 Å². The summed E-state index contributed by atoms with van der Waals surface area (Å²) in [7, 11) is 0. The minimum Gasteiger partial charge on any atom is -0.299 e. The van der Waals surface area contributed by atoms with E-state index >= 15 is 0 Å². The quantitative estimate of drug-likeness (QED) is 0.855. The summed E-state index contributed by atoms with van der Waals surface area (Å²) >= 11 is 0. The number of benzene rings is 1. The molecule has 1 aromatic carbocycles. The minimum absolute atomic E-state index is 0.753. The second-order valence-corrected chi connectivity index (χ2v) is 7.50. The van der Waals surface area contributed by atoms with E-state index in [1.165, 1.54) is 63.0 Å². The molecule has 0 aliphatic carbocycles. The van der Waals surface area contributed by atoms with Crippen LogP contribution in [0.2, 0.25) is 0 Å². The average Bonchev–Trinajstić information content (AvgIpc) is 3.18. The topological polar surface area (TPSA) is 32.3 Å². The third kappa shape index (κ3) is 3.91. The lowest BCUT2D eigenvalue weighted by Gasteiger charge is -2.37. The normalized spacial score (nSPS) is 22.4. The lowest BCUT2D eigenvalue weighted by atomic mass is 10.0. The van der Waals surface area contributed by atoms with Gasteiger partial charge in [0.15, 0.2) is 5.82 Å². The van der Waals surface area contributed by atoms with Crippen molar-refractivity contribution in [2.45, 2.75) is 45.2 Å². The standard InChI is InChI=1S/C21H28N4/c1-17-7-2-3-9-20(17)21-22-13-18(14-23-21)15-24-10-6-8-19(16-24)25-11-4-5-12-25/h2-3,7,9,13-14,19H,4-6,8,10-12,15-16H2,1H3. The van der Waals surface area contributed by atoms with E-state index in [0.717, 1.165) is 24.0 Å². The molecule has 1 aromatic heterocycles. The van der Waals surface area contributed by atoms with Crippen molar-refractivity contribution >= 4 is 0 Å². The largest absolute Gasteiger partial charge is 0.299 e. The van der Waals surface area contributed by atoms with E-state index in [0.29, 0.717) is 0 Å². The zero-order chi connectivity index (χ0) is 17.1. The van der Waals surface area contributed by atoms with Gasteiger partial charge in [0.25, 0.3) is 0 Å². The maximum atomic E-state index is 4.62. The van der Waals surface area contributed by atoms with Gasteiger partial charge in [0.1, 0.15) is 0 Å². The van der Waals surface area contributed by atoms with Crippen molar-refractivity contribution in [3.05, 3.63) is 47.8 Å². The molecule has 4 rings (SSSR count). The van der Waals surface area contributed by atoms with E-state index in [1.54, 1.807) is 0 Å². The van der Waals surface area contributed by atoms with Crippen LogP contribution in [-0.4, -0.2) is 52.0 Å². The number of aromatic nitrogens is 2. The van der Waals surface area contributed by atoms with Gasteiger partial charge in [0.05, 0.1) is 0 Å². The first-order chi connectivity index (χ1) is 12.3. The fraction of sp³-hybridized carbons (Fsp3) is 0.524. The summed E-state index contributed by atoms with van der Waals surface area (Å²) in [5.41, 5.74) is 3.57. The SMILES string of the molecule is Cc1ccccc1-c1ncc(CN2CCCC(N3CCCC3)C2)cn1. The van der Waals surface area contributed by atoms with Gasteiger partial charge in [0.2, 0.25) is 0 Å². The molecule has 2 aromatic rings. The molecular formula is C21H28N4. The second-order valence-electron chi connectivity index (χ2n) is 7.50. The van der Waals surface area contributed by atoms with Crippen molar-refractivity contribution in [2.24, 2.45) is 0 Å². The first-order valence-corrected chi connectivity index (χ1v) is 9.63. The molecule has 4 heteroatoms. The molecule has 0 amide bonds. The predicted molar refractivity (Wildman–Crippen MR) is 101 cm³/mol. The van der Waals surface area contributed by atoms with Crippen molar-refractivity contribution in [1.82, 2.24) is 19.8 Å². The van der Waals surface area contributed by atoms with Crippen LogP contribution in [0.5, 0.6) is 0 Å². The molecule has 2 aliphatic heterocycles. The van der Waals surface area contributed by atoms with Gasteiger partial charge < -0.3 is 0 Å². The third-order valence-electron chi connectivity index (χ3n) is 5.64. The van der Waals surface area contributed by atoms with Crippen LogP contribution in [0.15, 0.2) is 36.7 Å². The van der Waals surface area contributed by atoms with Gasteiger partial charge in [-0.2, -0.15) is 0 Å². The molecule has 1 unspecified atom stereocenters. The highest BCUT2D eigenvalue weighted by Gasteiger charge is 2.27. The molecule has 0 saturated carbocycles. The highest BCUT2D eigenvalue weighted by atomic mass is 15.2. The Morgan fingerprint density at radius 3 is 2.52 bits per heavy atom. The van der Waals surface area contributed by atoms with Gasteiger partial charge in [0, 0.05) is 42.7 Å². The Kier molecular flexibility index (Phi) is 5.09. The molecule has 0 spiro atoms. The number of aryl methyl sites for hydroxylation is 1. The fourth-order valence-corrected chi connectivity index (χ4v) is 4.24. The molecule has 0 bridgehead atoms. The molecule has 0 N–H and O–H groups in total. The van der Waals surface area contributed by atoms with Crippen molar-refractivity contribution in [3.63, 3.8) is 0 Å². The Morgan fingerprint density at radius 2 is 1.76 bits per heavy atom. The van der Waals surface area contributed by atoms with Crippen LogP contribution >= 0.6 is 0 Å². The van der Waals surface area contributed by atoms with Crippen LogP contribution in [0, 0.1) is 6.92 Å². The van der Waals surface area contributed by atoms with Gasteiger partial charge in [-0.05, 0) is 57.8 Å². The maximum Gasteiger partial charge on any atom is 0.159 e. The first kappa shape index (κ1) is 16.7. The van der Waals surface area contributed by atoms with Gasteiger partial charge in [-0.25, -0.2) is 9.97 Å². The first-order valence-electron chi connectivity index (χ1n) is 9.63. The number of hydrogen-bond donors (Lipinski definition) is 0. The molecule has 2 saturated heterocycles. The van der Waals surface area contributed by atoms with Gasteiger partial charge in [-0.3, -0.25) is 9.80 Å². The van der Waals surface area contributed by atoms with Crippen molar-refractivity contribution in [3.8, 4) is 11.4 Å². The van der Waals surface area contributed by atoms with E-state index in [9.17, 15) is 0 Å². The summed E-state index contributed by atoms with van der Waals surface area (Å²) < 4.78 is 0. The summed E-state index contributed by atoms with van der Waals surface area (Å²) in [4.78, 5) is 14.5. The molecule has 2 fully saturated rings. The van der Waals surface area contributed by atoms with Crippen molar-refractivity contribution in [2.75, 3.05) is 26.2 Å². The van der Waals surface area contributed by atoms with Gasteiger partial charge >= 0.3 is 0 Å². The van der Waals surface area contributed by atoms with E-state index in [-0.39, 0.29) is 0 Å². The highest BCUT2D eigenvalue weighted by molar-refractivity contribution is 5.59. The summed E-state index contributed by atoms with van der Waals surface area (Å²) in [6.07, 6.45) is 9.44. The molecule has 25 heavy (non-hydrogen) atoms. The van der Waals surface area contributed by atoms with E-state index in [1.807, 2.05) is 18.5 Å². The van der Waals surface area contributed by atoms with E-state index < -0.39 is 0 Å². The van der Waals surface area contributed by atoms with Crippen molar-refractivity contribution < 1.29 is 0 Å². The smallest absolute Gasteiger partial charge is 0.159 e. The number of piperidine rings is 1. The fourth-order valence-electron chi connectivity index (χ4n) is 4.24. The molecule has 3 heterocycles. The number of likely N-dealkylation sites (tertiary alicyclic amines) is 2. The highest BCUT2D eigenvalue weighted by Crippen LogP contribution is 2.22. The summed E-state index contributed by atoms with van der Waals surface area (Å²) in [5.74, 6) is 0.829. The molecule has 132 valence electrons. The Balaban J connectivity index is 1.40. The minimum atomic E-state index is 0.753. The predicted octanol–water partition coefficient (Wildman–Crippen LogP) is 3.51. The number of rotatable bonds is 4. The van der Waals surface area contributed by atoms with Crippen LogP contribution in [-0.2, 0) is 6.54 Å². The summed E-state index contributed by atoms with van der Waals surface area (Å²) in [6, 6.07) is 9.06. The lowest BCUT2D eigenvalue weighted by molar-refractivity contribution is 0.110. The van der Waals surface area contributed by atoms with E-state index in [4.69, 9.17) is 0 Å². The zero-order valence-electron chi connectivity index (χ0n) is 15.2. The molecule has 0 radical (unpaired) electrons. The van der Waals surface area contributed by atoms with E-state index in [2.05, 4.69) is 44.9 Å². The summed E-state index contributed by atoms with van der Waals surface area (Å²) in [5, 5.41) is 0. The summed E-state index contributed by atoms with van der Waals surface area (Å²) in [6.45, 7) is 8.07. The Bertz CT molecular complexity index is 691. The Labute approximate surface area is 150 Å². The molecule has 2 aliphatic rings. The lowest BCUT2D eigenvalue weighted by Crippen LogP contribution is -2.46. The average molecular weight is 336 g/mol. The number of nitrogens with zero attached hydrogens (tertiary/aromatic N) is 4. The Hall–Kier alpha value is -1.78. The van der Waals surface area contributed by atoms with Crippen LogP contribution in [0.3, 0.4) is 0 Å². The maximum absolute atomic E-state index is 4.62. The van der Waals surface area contributed by atoms with Crippen LogP contribution in [0.4, 0.5) is 0 Å². The molecule has 1 atom stereocenters. The monoisotopic (exact) mass is 336 g/mol. The van der Waals surface area contributed by atoms with Crippen LogP contribution in [0.25, 0.3) is 11.4 Å². The van der Waals surface area contributed by atoms with Crippen LogP contribution in [0.1, 0.15) is 36.8 Å². The molecular weight excluding hydrogens is 308 g/mol. The van der Waals surface area contributed by atoms with Gasteiger partial charge in [-0.15, -0.1) is 0 Å². The second kappa shape index (κ2) is 7.63. The molecule has 4 nitrogen and oxygen atoms in total.